The average molecular weight is 174 g/mol. The third-order valence-corrected chi connectivity index (χ3v) is 4.69. The minimum atomic E-state index is -1.29. The topological polar surface area (TPSA) is 9.23 Å². The van der Waals surface area contributed by atoms with E-state index in [1.165, 1.54) is 12.5 Å². The van der Waals surface area contributed by atoms with Crippen LogP contribution in [0.3, 0.4) is 0 Å². The monoisotopic (exact) mass is 174 g/mol. The first-order valence-electron chi connectivity index (χ1n) is 4.69. The summed E-state index contributed by atoms with van der Waals surface area (Å²) in [4.78, 5) is 0. The van der Waals surface area contributed by atoms with E-state index < -0.39 is 8.32 Å². The molecule has 0 spiro atoms. The molecule has 0 aromatic carbocycles. The largest absolute Gasteiger partial charge is 0.415 e. The molecule has 0 rings (SSSR count). The Balaban J connectivity index is 3.70. The quantitative estimate of drug-likeness (QED) is 0.580. The molecular formula is C9H22OSi. The highest BCUT2D eigenvalue weighted by Crippen LogP contribution is 2.16. The zero-order valence-corrected chi connectivity index (χ0v) is 9.61. The van der Waals surface area contributed by atoms with E-state index in [0.29, 0.717) is 6.10 Å². The predicted molar refractivity (Wildman–Crippen MR) is 53.4 cm³/mol. The fourth-order valence-electron chi connectivity index (χ4n) is 1.29. The van der Waals surface area contributed by atoms with Gasteiger partial charge in [0.1, 0.15) is 0 Å². The van der Waals surface area contributed by atoms with Crippen molar-refractivity contribution >= 4 is 8.32 Å². The van der Waals surface area contributed by atoms with Crippen molar-refractivity contribution in [1.29, 1.82) is 0 Å². The van der Waals surface area contributed by atoms with Crippen LogP contribution >= 0.6 is 0 Å². The molecule has 11 heavy (non-hydrogen) atoms. The lowest BCUT2D eigenvalue weighted by atomic mass is 10.3. The number of hydrogen-bond donors (Lipinski definition) is 0. The SMILES string of the molecule is CCC[Si](C)(C)OC(C)CC. The van der Waals surface area contributed by atoms with Crippen molar-refractivity contribution in [3.05, 3.63) is 0 Å². The highest BCUT2D eigenvalue weighted by Gasteiger charge is 2.22. The molecule has 68 valence electrons. The molecule has 0 aliphatic heterocycles. The van der Waals surface area contributed by atoms with Gasteiger partial charge in [0.25, 0.3) is 0 Å². The van der Waals surface area contributed by atoms with Gasteiger partial charge >= 0.3 is 0 Å². The van der Waals surface area contributed by atoms with E-state index in [0.717, 1.165) is 6.42 Å². The maximum atomic E-state index is 5.97. The summed E-state index contributed by atoms with van der Waals surface area (Å²) in [5.74, 6) is 0. The lowest BCUT2D eigenvalue weighted by Gasteiger charge is -2.26. The van der Waals surface area contributed by atoms with Gasteiger partial charge in [-0.1, -0.05) is 20.3 Å². The number of rotatable bonds is 5. The molecule has 0 radical (unpaired) electrons. The second-order valence-electron chi connectivity index (χ2n) is 3.85. The first kappa shape index (κ1) is 11.2. The van der Waals surface area contributed by atoms with Crippen molar-refractivity contribution < 1.29 is 4.43 Å². The summed E-state index contributed by atoms with van der Waals surface area (Å²) in [6, 6.07) is 1.29. The van der Waals surface area contributed by atoms with Crippen LogP contribution in [0.25, 0.3) is 0 Å². The molecule has 1 nitrogen and oxygen atoms in total. The van der Waals surface area contributed by atoms with Crippen molar-refractivity contribution in [3.63, 3.8) is 0 Å². The van der Waals surface area contributed by atoms with Crippen LogP contribution in [0.1, 0.15) is 33.6 Å². The second-order valence-corrected chi connectivity index (χ2v) is 8.10. The van der Waals surface area contributed by atoms with Crippen molar-refractivity contribution in [2.45, 2.75) is 58.9 Å². The molecular weight excluding hydrogens is 152 g/mol. The minimum absolute atomic E-state index is 0.461. The van der Waals surface area contributed by atoms with Gasteiger partial charge in [0.05, 0.1) is 0 Å². The molecule has 0 amide bonds. The third-order valence-electron chi connectivity index (χ3n) is 1.95. The Morgan fingerprint density at radius 2 is 1.82 bits per heavy atom. The summed E-state index contributed by atoms with van der Waals surface area (Å²) in [5.41, 5.74) is 0. The summed E-state index contributed by atoms with van der Waals surface area (Å²) < 4.78 is 5.97. The fraction of sp³-hybridized carbons (Fsp3) is 1.00. The summed E-state index contributed by atoms with van der Waals surface area (Å²) >= 11 is 0. The zero-order chi connectivity index (χ0) is 8.91. The van der Waals surface area contributed by atoms with Gasteiger partial charge in [0, 0.05) is 6.10 Å². The normalized spacial score (nSPS) is 15.0. The zero-order valence-electron chi connectivity index (χ0n) is 8.61. The van der Waals surface area contributed by atoms with E-state index in [-0.39, 0.29) is 0 Å². The van der Waals surface area contributed by atoms with Gasteiger partial charge in [-0.2, -0.15) is 0 Å². The van der Waals surface area contributed by atoms with Crippen LogP contribution in [0.2, 0.25) is 19.1 Å². The van der Waals surface area contributed by atoms with E-state index in [2.05, 4.69) is 33.9 Å². The van der Waals surface area contributed by atoms with Crippen LogP contribution < -0.4 is 0 Å². The van der Waals surface area contributed by atoms with Crippen molar-refractivity contribution in [1.82, 2.24) is 0 Å². The lowest BCUT2D eigenvalue weighted by Crippen LogP contribution is -2.33. The van der Waals surface area contributed by atoms with E-state index in [4.69, 9.17) is 4.43 Å². The smallest absolute Gasteiger partial charge is 0.187 e. The van der Waals surface area contributed by atoms with Gasteiger partial charge in [-0.05, 0) is 32.5 Å². The van der Waals surface area contributed by atoms with E-state index in [1.807, 2.05) is 0 Å². The Bertz CT molecular complexity index is 102. The molecule has 0 fully saturated rings. The molecule has 0 aromatic heterocycles. The van der Waals surface area contributed by atoms with Crippen molar-refractivity contribution in [2.75, 3.05) is 0 Å². The lowest BCUT2D eigenvalue weighted by molar-refractivity contribution is 0.206. The molecule has 0 saturated carbocycles. The standard InChI is InChI=1S/C9H22OSi/c1-6-8-11(4,5)10-9(3)7-2/h9H,6-8H2,1-5H3. The van der Waals surface area contributed by atoms with Crippen molar-refractivity contribution in [2.24, 2.45) is 0 Å². The second kappa shape index (κ2) is 4.94. The van der Waals surface area contributed by atoms with Crippen LogP contribution in [0.15, 0.2) is 0 Å². The molecule has 0 bridgehead atoms. The molecule has 2 heteroatoms. The summed E-state index contributed by atoms with van der Waals surface area (Å²) in [6.45, 7) is 11.2. The van der Waals surface area contributed by atoms with Crippen LogP contribution in [-0.2, 0) is 4.43 Å². The summed E-state index contributed by atoms with van der Waals surface area (Å²) in [6.07, 6.45) is 2.86. The molecule has 1 atom stereocenters. The summed E-state index contributed by atoms with van der Waals surface area (Å²) in [5, 5.41) is 0. The fourth-order valence-corrected chi connectivity index (χ4v) is 3.87. The first-order valence-corrected chi connectivity index (χ1v) is 7.81. The molecule has 0 N–H and O–H groups in total. The third kappa shape index (κ3) is 5.45. The molecule has 0 aromatic rings. The van der Waals surface area contributed by atoms with Crippen molar-refractivity contribution in [3.8, 4) is 0 Å². The van der Waals surface area contributed by atoms with E-state index >= 15 is 0 Å². The summed E-state index contributed by atoms with van der Waals surface area (Å²) in [7, 11) is -1.29. The Hall–Kier alpha value is 0.177. The molecule has 0 aliphatic rings. The molecule has 1 unspecified atom stereocenters. The van der Waals surface area contributed by atoms with Gasteiger partial charge in [-0.15, -0.1) is 0 Å². The maximum Gasteiger partial charge on any atom is 0.187 e. The van der Waals surface area contributed by atoms with Gasteiger partial charge in [-0.25, -0.2) is 0 Å². The van der Waals surface area contributed by atoms with E-state index in [9.17, 15) is 0 Å². The molecule has 0 saturated heterocycles. The van der Waals surface area contributed by atoms with Gasteiger partial charge < -0.3 is 4.43 Å². The Labute approximate surface area is 72.3 Å². The molecule has 0 heterocycles. The predicted octanol–water partition coefficient (Wildman–Crippen LogP) is 3.42. The highest BCUT2D eigenvalue weighted by molar-refractivity contribution is 6.71. The molecule has 0 aliphatic carbocycles. The Kier molecular flexibility index (Phi) is 5.02. The Morgan fingerprint density at radius 1 is 1.27 bits per heavy atom. The van der Waals surface area contributed by atoms with Crippen LogP contribution in [-0.4, -0.2) is 14.4 Å². The average Bonchev–Trinajstić information content (AvgIpc) is 1.86. The minimum Gasteiger partial charge on any atom is -0.415 e. The van der Waals surface area contributed by atoms with Gasteiger partial charge in [0.2, 0.25) is 0 Å². The highest BCUT2D eigenvalue weighted by atomic mass is 28.4. The van der Waals surface area contributed by atoms with Gasteiger partial charge in [0.15, 0.2) is 8.32 Å². The maximum absolute atomic E-state index is 5.97. The Morgan fingerprint density at radius 3 is 2.18 bits per heavy atom. The van der Waals surface area contributed by atoms with Gasteiger partial charge in [-0.3, -0.25) is 0 Å². The first-order chi connectivity index (χ1) is 5.02. The van der Waals surface area contributed by atoms with E-state index in [1.54, 1.807) is 0 Å². The van der Waals surface area contributed by atoms with Crippen LogP contribution in [0, 0.1) is 0 Å². The van der Waals surface area contributed by atoms with Crippen LogP contribution in [0.4, 0.5) is 0 Å². The van der Waals surface area contributed by atoms with Crippen LogP contribution in [0.5, 0.6) is 0 Å². The number of hydrogen-bond acceptors (Lipinski definition) is 1.